The van der Waals surface area contributed by atoms with E-state index >= 15 is 0 Å². The molecule has 0 spiro atoms. The summed E-state index contributed by atoms with van der Waals surface area (Å²) in [5.41, 5.74) is 7.87. The van der Waals surface area contributed by atoms with Gasteiger partial charge in [-0.2, -0.15) is 0 Å². The van der Waals surface area contributed by atoms with E-state index in [1.54, 1.807) is 12.1 Å². The lowest BCUT2D eigenvalue weighted by Gasteiger charge is -2.11. The van der Waals surface area contributed by atoms with Crippen LogP contribution in [0.25, 0.3) is 0 Å². The number of rotatable bonds is 2. The standard InChI is InChI=1S/C13H12F2N2/c1-8-2-4-10(16)7-12(8)17-13-6-9(14)3-5-11(13)15/h2-7,17H,16H2,1H3. The number of benzene rings is 2. The lowest BCUT2D eigenvalue weighted by atomic mass is 10.1. The first-order chi connectivity index (χ1) is 8.06. The van der Waals surface area contributed by atoms with Gasteiger partial charge in [0.05, 0.1) is 5.69 Å². The van der Waals surface area contributed by atoms with Crippen LogP contribution in [0.5, 0.6) is 0 Å². The molecule has 2 rings (SSSR count). The molecule has 88 valence electrons. The highest BCUT2D eigenvalue weighted by atomic mass is 19.1. The molecule has 3 N–H and O–H groups in total. The van der Waals surface area contributed by atoms with Crippen molar-refractivity contribution >= 4 is 17.1 Å². The zero-order valence-corrected chi connectivity index (χ0v) is 9.30. The topological polar surface area (TPSA) is 38.0 Å². The summed E-state index contributed by atoms with van der Waals surface area (Å²) < 4.78 is 26.4. The Morgan fingerprint density at radius 2 is 1.76 bits per heavy atom. The highest BCUT2D eigenvalue weighted by Gasteiger charge is 2.06. The van der Waals surface area contributed by atoms with Gasteiger partial charge in [0.2, 0.25) is 0 Å². The molecular weight excluding hydrogens is 222 g/mol. The molecule has 2 aromatic rings. The van der Waals surface area contributed by atoms with E-state index in [9.17, 15) is 8.78 Å². The van der Waals surface area contributed by atoms with Crippen LogP contribution < -0.4 is 11.1 Å². The van der Waals surface area contributed by atoms with E-state index in [1.165, 1.54) is 0 Å². The first kappa shape index (κ1) is 11.4. The van der Waals surface area contributed by atoms with Crippen LogP contribution in [0, 0.1) is 18.6 Å². The van der Waals surface area contributed by atoms with E-state index < -0.39 is 11.6 Å². The third-order valence-corrected chi connectivity index (χ3v) is 2.46. The predicted octanol–water partition coefficient (Wildman–Crippen LogP) is 3.60. The van der Waals surface area contributed by atoms with Gasteiger partial charge in [-0.25, -0.2) is 8.78 Å². The van der Waals surface area contributed by atoms with E-state index in [0.717, 1.165) is 23.8 Å². The number of hydrogen-bond donors (Lipinski definition) is 2. The average Bonchev–Trinajstić information content (AvgIpc) is 2.28. The van der Waals surface area contributed by atoms with Gasteiger partial charge in [0.15, 0.2) is 0 Å². The number of halogens is 2. The molecule has 0 aliphatic heterocycles. The second-order valence-corrected chi connectivity index (χ2v) is 3.82. The molecule has 2 nitrogen and oxygen atoms in total. The molecule has 0 heterocycles. The Bertz CT molecular complexity index is 504. The van der Waals surface area contributed by atoms with Gasteiger partial charge in [0.25, 0.3) is 0 Å². The van der Waals surface area contributed by atoms with Gasteiger partial charge in [0, 0.05) is 17.4 Å². The van der Waals surface area contributed by atoms with Gasteiger partial charge in [-0.3, -0.25) is 0 Å². The number of anilines is 3. The molecule has 0 aromatic heterocycles. The van der Waals surface area contributed by atoms with Crippen molar-refractivity contribution in [3.05, 3.63) is 53.6 Å². The zero-order chi connectivity index (χ0) is 12.4. The van der Waals surface area contributed by atoms with Crippen molar-refractivity contribution < 1.29 is 8.78 Å². The van der Waals surface area contributed by atoms with Gasteiger partial charge in [-0.1, -0.05) is 6.07 Å². The molecule has 0 saturated carbocycles. The number of nitrogen functional groups attached to an aromatic ring is 1. The minimum atomic E-state index is -0.506. The second kappa shape index (κ2) is 4.41. The fraction of sp³-hybridized carbons (Fsp3) is 0.0769. The molecule has 0 amide bonds. The Hall–Kier alpha value is -2.10. The lowest BCUT2D eigenvalue weighted by molar-refractivity contribution is 0.603. The Labute approximate surface area is 98.1 Å². The molecule has 4 heteroatoms. The van der Waals surface area contributed by atoms with Crippen molar-refractivity contribution in [1.29, 1.82) is 0 Å². The normalized spacial score (nSPS) is 10.3. The molecule has 0 saturated heterocycles. The summed E-state index contributed by atoms with van der Waals surface area (Å²) in [5.74, 6) is -0.997. The van der Waals surface area contributed by atoms with Crippen LogP contribution in [0.15, 0.2) is 36.4 Å². The maximum atomic E-state index is 13.4. The first-order valence-corrected chi connectivity index (χ1v) is 5.14. The van der Waals surface area contributed by atoms with Crippen LogP contribution >= 0.6 is 0 Å². The molecular formula is C13H12F2N2. The Kier molecular flexibility index (Phi) is 2.95. The second-order valence-electron chi connectivity index (χ2n) is 3.82. The quantitative estimate of drug-likeness (QED) is 0.779. The number of nitrogens with one attached hydrogen (secondary N) is 1. The SMILES string of the molecule is Cc1ccc(N)cc1Nc1cc(F)ccc1F. The van der Waals surface area contributed by atoms with Crippen molar-refractivity contribution in [2.45, 2.75) is 6.92 Å². The van der Waals surface area contributed by atoms with E-state index in [1.807, 2.05) is 13.0 Å². The first-order valence-electron chi connectivity index (χ1n) is 5.14. The highest BCUT2D eigenvalue weighted by Crippen LogP contribution is 2.25. The Morgan fingerprint density at radius 3 is 2.53 bits per heavy atom. The summed E-state index contributed by atoms with van der Waals surface area (Å²) in [6.07, 6.45) is 0. The zero-order valence-electron chi connectivity index (χ0n) is 9.30. The van der Waals surface area contributed by atoms with Crippen LogP contribution in [-0.4, -0.2) is 0 Å². The molecule has 0 fully saturated rings. The van der Waals surface area contributed by atoms with Crippen LogP contribution in [0.2, 0.25) is 0 Å². The summed E-state index contributed by atoms with van der Waals surface area (Å²) in [7, 11) is 0. The number of aryl methyl sites for hydroxylation is 1. The molecule has 2 aromatic carbocycles. The van der Waals surface area contributed by atoms with Crippen LogP contribution in [-0.2, 0) is 0 Å². The van der Waals surface area contributed by atoms with Crippen molar-refractivity contribution in [2.24, 2.45) is 0 Å². The number of hydrogen-bond acceptors (Lipinski definition) is 2. The molecule has 0 aliphatic carbocycles. The Balaban J connectivity index is 2.37. The molecule has 0 bridgehead atoms. The number of nitrogens with two attached hydrogens (primary N) is 1. The molecule has 17 heavy (non-hydrogen) atoms. The summed E-state index contributed by atoms with van der Waals surface area (Å²) in [6.45, 7) is 1.86. The van der Waals surface area contributed by atoms with Gasteiger partial charge in [-0.05, 0) is 36.8 Å². The van der Waals surface area contributed by atoms with Gasteiger partial charge >= 0.3 is 0 Å². The summed E-state index contributed by atoms with van der Waals surface area (Å²) in [5, 5.41) is 2.83. The third-order valence-electron chi connectivity index (χ3n) is 2.46. The van der Waals surface area contributed by atoms with Gasteiger partial charge in [-0.15, -0.1) is 0 Å². The van der Waals surface area contributed by atoms with Crippen molar-refractivity contribution in [2.75, 3.05) is 11.1 Å². The highest BCUT2D eigenvalue weighted by molar-refractivity contribution is 5.67. The fourth-order valence-corrected chi connectivity index (χ4v) is 1.51. The van der Waals surface area contributed by atoms with Crippen LogP contribution in [0.4, 0.5) is 25.8 Å². The Morgan fingerprint density at radius 1 is 1.00 bits per heavy atom. The van der Waals surface area contributed by atoms with E-state index in [-0.39, 0.29) is 5.69 Å². The molecule has 0 radical (unpaired) electrons. The average molecular weight is 234 g/mol. The van der Waals surface area contributed by atoms with E-state index in [2.05, 4.69) is 5.32 Å². The maximum Gasteiger partial charge on any atom is 0.146 e. The monoisotopic (exact) mass is 234 g/mol. The third kappa shape index (κ3) is 2.53. The van der Waals surface area contributed by atoms with Crippen molar-refractivity contribution in [1.82, 2.24) is 0 Å². The van der Waals surface area contributed by atoms with Crippen LogP contribution in [0.3, 0.4) is 0 Å². The van der Waals surface area contributed by atoms with Gasteiger partial charge < -0.3 is 11.1 Å². The van der Waals surface area contributed by atoms with E-state index in [4.69, 9.17) is 5.73 Å². The molecule has 0 aliphatic rings. The minimum absolute atomic E-state index is 0.0960. The lowest BCUT2D eigenvalue weighted by Crippen LogP contribution is -1.98. The predicted molar refractivity (Wildman–Crippen MR) is 65.2 cm³/mol. The molecule has 0 unspecified atom stereocenters. The van der Waals surface area contributed by atoms with Crippen molar-refractivity contribution in [3.63, 3.8) is 0 Å². The fourth-order valence-electron chi connectivity index (χ4n) is 1.51. The van der Waals surface area contributed by atoms with Crippen LogP contribution in [0.1, 0.15) is 5.56 Å². The maximum absolute atomic E-state index is 13.4. The van der Waals surface area contributed by atoms with Gasteiger partial charge in [0.1, 0.15) is 11.6 Å². The largest absolute Gasteiger partial charge is 0.399 e. The smallest absolute Gasteiger partial charge is 0.146 e. The molecule has 0 atom stereocenters. The summed E-state index contributed by atoms with van der Waals surface area (Å²) in [6, 6.07) is 8.51. The summed E-state index contributed by atoms with van der Waals surface area (Å²) in [4.78, 5) is 0. The summed E-state index contributed by atoms with van der Waals surface area (Å²) >= 11 is 0. The minimum Gasteiger partial charge on any atom is -0.399 e. The van der Waals surface area contributed by atoms with Crippen molar-refractivity contribution in [3.8, 4) is 0 Å². The van der Waals surface area contributed by atoms with E-state index in [0.29, 0.717) is 11.4 Å².